The normalized spacial score (nSPS) is 12.0. The highest BCUT2D eigenvalue weighted by molar-refractivity contribution is 7.10. The number of carbonyl (C=O) groups is 1. The van der Waals surface area contributed by atoms with Crippen LogP contribution in [0.1, 0.15) is 22.9 Å². The highest BCUT2D eigenvalue weighted by Gasteiger charge is 2.16. The number of nitrogens with one attached hydrogen (secondary N) is 2. The molecule has 1 unspecified atom stereocenters. The second kappa shape index (κ2) is 7.19. The van der Waals surface area contributed by atoms with E-state index in [1.165, 1.54) is 17.4 Å². The van der Waals surface area contributed by atoms with E-state index in [1.54, 1.807) is 12.1 Å². The van der Waals surface area contributed by atoms with Crippen LogP contribution in [0.2, 0.25) is 0 Å². The van der Waals surface area contributed by atoms with E-state index >= 15 is 0 Å². The van der Waals surface area contributed by atoms with Gasteiger partial charge in [-0.3, -0.25) is 0 Å². The molecule has 1 aromatic carbocycles. The molecule has 112 valence electrons. The maximum atomic E-state index is 13.6. The summed E-state index contributed by atoms with van der Waals surface area (Å²) in [6.07, 6.45) is 0.407. The van der Waals surface area contributed by atoms with Crippen LogP contribution in [0, 0.1) is 12.7 Å². The van der Waals surface area contributed by atoms with E-state index in [0.29, 0.717) is 6.42 Å². The molecule has 0 saturated carbocycles. The fraction of sp³-hybridized carbons (Fsp3) is 0.267. The fourth-order valence-corrected chi connectivity index (χ4v) is 2.77. The van der Waals surface area contributed by atoms with E-state index in [9.17, 15) is 9.18 Å². The lowest BCUT2D eigenvalue weighted by atomic mass is 10.2. The largest absolute Gasteiger partial charge is 0.396 e. The molecule has 0 bridgehead atoms. The summed E-state index contributed by atoms with van der Waals surface area (Å²) in [4.78, 5) is 12.9. The van der Waals surface area contributed by atoms with Crippen LogP contribution in [0.15, 0.2) is 35.7 Å². The van der Waals surface area contributed by atoms with Crippen LogP contribution in [0.3, 0.4) is 0 Å². The minimum atomic E-state index is -0.494. The lowest BCUT2D eigenvalue weighted by molar-refractivity contribution is 0.239. The molecule has 1 heterocycles. The number of thiophene rings is 1. The molecular formula is C15H17FN2O2S. The molecule has 0 fully saturated rings. The summed E-state index contributed by atoms with van der Waals surface area (Å²) in [7, 11) is 0. The molecule has 0 aliphatic carbocycles. The van der Waals surface area contributed by atoms with E-state index < -0.39 is 11.8 Å². The number of benzene rings is 1. The lowest BCUT2D eigenvalue weighted by Crippen LogP contribution is -2.33. The summed E-state index contributed by atoms with van der Waals surface area (Å²) >= 11 is 1.50. The van der Waals surface area contributed by atoms with Crippen molar-refractivity contribution in [2.45, 2.75) is 19.4 Å². The number of halogens is 1. The summed E-state index contributed by atoms with van der Waals surface area (Å²) in [5.41, 5.74) is 0.998. The third-order valence-electron chi connectivity index (χ3n) is 2.98. The zero-order valence-corrected chi connectivity index (χ0v) is 12.4. The Bertz CT molecular complexity index is 602. The highest BCUT2D eigenvalue weighted by atomic mass is 32.1. The molecule has 0 aliphatic heterocycles. The molecule has 2 aromatic rings. The third kappa shape index (κ3) is 4.27. The van der Waals surface area contributed by atoms with Crippen molar-refractivity contribution in [1.82, 2.24) is 5.32 Å². The molecule has 6 heteroatoms. The second-order valence-electron chi connectivity index (χ2n) is 4.66. The number of urea groups is 1. The third-order valence-corrected chi connectivity index (χ3v) is 3.97. The van der Waals surface area contributed by atoms with Crippen molar-refractivity contribution in [3.63, 3.8) is 0 Å². The van der Waals surface area contributed by atoms with Gasteiger partial charge in [-0.15, -0.1) is 11.3 Å². The quantitative estimate of drug-likeness (QED) is 0.792. The van der Waals surface area contributed by atoms with E-state index in [2.05, 4.69) is 10.6 Å². The van der Waals surface area contributed by atoms with Crippen LogP contribution in [-0.4, -0.2) is 17.7 Å². The van der Waals surface area contributed by atoms with Gasteiger partial charge in [-0.25, -0.2) is 9.18 Å². The topological polar surface area (TPSA) is 61.4 Å². The van der Waals surface area contributed by atoms with E-state index in [4.69, 9.17) is 5.11 Å². The van der Waals surface area contributed by atoms with Gasteiger partial charge in [-0.2, -0.15) is 0 Å². The van der Waals surface area contributed by atoms with Crippen molar-refractivity contribution in [3.05, 3.63) is 52.0 Å². The Morgan fingerprint density at radius 3 is 2.90 bits per heavy atom. The van der Waals surface area contributed by atoms with E-state index in [-0.39, 0.29) is 18.3 Å². The molecule has 2 amide bonds. The number of rotatable bonds is 5. The molecule has 3 N–H and O–H groups in total. The predicted octanol–water partition coefficient (Wildman–Crippen LogP) is 3.44. The molecule has 1 aromatic heterocycles. The van der Waals surface area contributed by atoms with Crippen molar-refractivity contribution in [3.8, 4) is 0 Å². The Hall–Kier alpha value is -1.92. The first-order valence-electron chi connectivity index (χ1n) is 6.58. The van der Waals surface area contributed by atoms with Gasteiger partial charge < -0.3 is 15.7 Å². The summed E-state index contributed by atoms with van der Waals surface area (Å²) in [6, 6.07) is 7.51. The number of aliphatic hydroxyl groups excluding tert-OH is 1. The van der Waals surface area contributed by atoms with Crippen LogP contribution < -0.4 is 10.6 Å². The monoisotopic (exact) mass is 308 g/mol. The molecule has 0 spiro atoms. The fourth-order valence-electron chi connectivity index (χ4n) is 1.96. The number of aliphatic hydroxyl groups is 1. The number of anilines is 1. The zero-order chi connectivity index (χ0) is 15.2. The maximum absolute atomic E-state index is 13.6. The number of aryl methyl sites for hydroxylation is 1. The number of hydrogen-bond acceptors (Lipinski definition) is 3. The Labute approximate surface area is 126 Å². The van der Waals surface area contributed by atoms with Gasteiger partial charge in [0.05, 0.1) is 11.7 Å². The SMILES string of the molecule is Cc1ccc(F)c(NC(=O)NC(CCO)c2cccs2)c1. The van der Waals surface area contributed by atoms with Crippen molar-refractivity contribution >= 4 is 23.1 Å². The van der Waals surface area contributed by atoms with Crippen LogP contribution in [0.4, 0.5) is 14.9 Å². The van der Waals surface area contributed by atoms with Gasteiger partial charge in [0.2, 0.25) is 0 Å². The molecule has 4 nitrogen and oxygen atoms in total. The Balaban J connectivity index is 2.04. The minimum absolute atomic E-state index is 0.0400. The van der Waals surface area contributed by atoms with Crippen LogP contribution >= 0.6 is 11.3 Å². The van der Waals surface area contributed by atoms with Gasteiger partial charge in [-0.1, -0.05) is 12.1 Å². The van der Waals surface area contributed by atoms with Crippen molar-refractivity contribution in [2.75, 3.05) is 11.9 Å². The van der Waals surface area contributed by atoms with Crippen LogP contribution in [0.5, 0.6) is 0 Å². The summed E-state index contributed by atoms with van der Waals surface area (Å²) in [5, 5.41) is 16.2. The standard InChI is InChI=1S/C15H17FN2O2S/c1-10-4-5-11(16)13(9-10)18-15(20)17-12(6-7-19)14-3-2-8-21-14/h2-5,8-9,12,19H,6-7H2,1H3,(H2,17,18,20). The van der Waals surface area contributed by atoms with Gasteiger partial charge in [0, 0.05) is 11.5 Å². The Morgan fingerprint density at radius 2 is 2.24 bits per heavy atom. The molecule has 1 atom stereocenters. The zero-order valence-electron chi connectivity index (χ0n) is 11.6. The molecule has 2 rings (SSSR count). The molecule has 0 radical (unpaired) electrons. The first kappa shape index (κ1) is 15.5. The summed E-state index contributed by atoms with van der Waals surface area (Å²) in [5.74, 6) is -0.481. The number of hydrogen-bond donors (Lipinski definition) is 3. The predicted molar refractivity (Wildman–Crippen MR) is 82.1 cm³/mol. The van der Waals surface area contributed by atoms with Crippen molar-refractivity contribution in [1.29, 1.82) is 0 Å². The number of carbonyl (C=O) groups excluding carboxylic acids is 1. The average Bonchev–Trinajstić information content (AvgIpc) is 2.96. The van der Waals surface area contributed by atoms with Gasteiger partial charge >= 0.3 is 6.03 Å². The van der Waals surface area contributed by atoms with Gasteiger partial charge in [0.15, 0.2) is 0 Å². The molecule has 21 heavy (non-hydrogen) atoms. The second-order valence-corrected chi connectivity index (χ2v) is 5.64. The molecule has 0 aliphatic rings. The van der Waals surface area contributed by atoms with Crippen LogP contribution in [0.25, 0.3) is 0 Å². The maximum Gasteiger partial charge on any atom is 0.319 e. The van der Waals surface area contributed by atoms with Crippen molar-refractivity contribution < 1.29 is 14.3 Å². The highest BCUT2D eigenvalue weighted by Crippen LogP contribution is 2.22. The first-order valence-corrected chi connectivity index (χ1v) is 7.46. The van der Waals surface area contributed by atoms with Gasteiger partial charge in [0.25, 0.3) is 0 Å². The minimum Gasteiger partial charge on any atom is -0.396 e. The smallest absolute Gasteiger partial charge is 0.319 e. The number of amides is 2. The average molecular weight is 308 g/mol. The lowest BCUT2D eigenvalue weighted by Gasteiger charge is -2.17. The van der Waals surface area contributed by atoms with Crippen LogP contribution in [-0.2, 0) is 0 Å². The molecule has 0 saturated heterocycles. The van der Waals surface area contributed by atoms with Crippen molar-refractivity contribution in [2.24, 2.45) is 0 Å². The van der Waals surface area contributed by atoms with Gasteiger partial charge in [0.1, 0.15) is 5.82 Å². The van der Waals surface area contributed by atoms with E-state index in [1.807, 2.05) is 24.4 Å². The van der Waals surface area contributed by atoms with E-state index in [0.717, 1.165) is 10.4 Å². The first-order chi connectivity index (χ1) is 10.1. The molecular weight excluding hydrogens is 291 g/mol. The Morgan fingerprint density at radius 1 is 1.43 bits per heavy atom. The summed E-state index contributed by atoms with van der Waals surface area (Å²) in [6.45, 7) is 1.78. The summed E-state index contributed by atoms with van der Waals surface area (Å²) < 4.78 is 13.6. The van der Waals surface area contributed by atoms with Gasteiger partial charge in [-0.05, 0) is 42.5 Å². The Kier molecular flexibility index (Phi) is 5.30.